The van der Waals surface area contributed by atoms with E-state index in [1.54, 1.807) is 25.2 Å². The number of aryl methyl sites for hydroxylation is 1. The normalized spacial score (nSPS) is 16.2. The van der Waals surface area contributed by atoms with Crippen LogP contribution in [0.3, 0.4) is 0 Å². The summed E-state index contributed by atoms with van der Waals surface area (Å²) in [5, 5.41) is 3.42. The van der Waals surface area contributed by atoms with Crippen molar-refractivity contribution < 1.29 is 18.4 Å². The topological polar surface area (TPSA) is 65.2 Å². The van der Waals surface area contributed by atoms with Crippen LogP contribution in [0.4, 0.5) is 8.78 Å². The smallest absolute Gasteiger partial charge is 0.242 e. The average molecular weight is 397 g/mol. The Hall–Kier alpha value is -3.22. The highest BCUT2D eigenvalue weighted by atomic mass is 19.1. The van der Waals surface area contributed by atoms with Gasteiger partial charge in [0.1, 0.15) is 17.7 Å². The van der Waals surface area contributed by atoms with E-state index in [9.17, 15) is 18.4 Å². The summed E-state index contributed by atoms with van der Waals surface area (Å²) in [5.41, 5.74) is 3.04. The van der Waals surface area contributed by atoms with E-state index in [4.69, 9.17) is 0 Å². The molecule has 4 rings (SSSR count). The number of amides is 2. The van der Waals surface area contributed by atoms with Crippen molar-refractivity contribution in [3.8, 4) is 11.3 Å². The number of nitrogens with zero attached hydrogens (tertiary/aromatic N) is 1. The Bertz CT molecular complexity index is 1080. The van der Waals surface area contributed by atoms with E-state index in [2.05, 4.69) is 10.3 Å². The maximum Gasteiger partial charge on any atom is 0.242 e. The first-order chi connectivity index (χ1) is 13.9. The van der Waals surface area contributed by atoms with Crippen molar-refractivity contribution in [1.29, 1.82) is 0 Å². The van der Waals surface area contributed by atoms with Gasteiger partial charge in [0.2, 0.25) is 11.8 Å². The number of carbonyl (C=O) groups is 2. The van der Waals surface area contributed by atoms with Crippen molar-refractivity contribution in [3.63, 3.8) is 0 Å². The molecule has 2 aromatic carbocycles. The zero-order valence-electron chi connectivity index (χ0n) is 16.0. The summed E-state index contributed by atoms with van der Waals surface area (Å²) in [6.07, 6.45) is 1.14. The molecule has 0 radical (unpaired) electrons. The number of halogens is 2. The fraction of sp³-hybridized carbons (Fsp3) is 0.273. The van der Waals surface area contributed by atoms with Gasteiger partial charge in [-0.15, -0.1) is 0 Å². The Morgan fingerprint density at radius 3 is 2.55 bits per heavy atom. The van der Waals surface area contributed by atoms with Gasteiger partial charge in [0.05, 0.1) is 0 Å². The van der Waals surface area contributed by atoms with Crippen LogP contribution in [0.25, 0.3) is 22.2 Å². The lowest BCUT2D eigenvalue weighted by molar-refractivity contribution is -0.137. The molecule has 2 amide bonds. The molecule has 29 heavy (non-hydrogen) atoms. The second kappa shape index (κ2) is 7.66. The highest BCUT2D eigenvalue weighted by molar-refractivity contribution is 5.92. The molecular formula is C22H21F2N3O2. The Labute approximate surface area is 166 Å². The third-order valence-electron chi connectivity index (χ3n) is 5.47. The molecule has 7 heteroatoms. The molecule has 1 aromatic heterocycles. The molecule has 0 spiro atoms. The molecule has 1 unspecified atom stereocenters. The van der Waals surface area contributed by atoms with Gasteiger partial charge >= 0.3 is 0 Å². The number of hydrogen-bond acceptors (Lipinski definition) is 2. The van der Waals surface area contributed by atoms with E-state index in [0.717, 1.165) is 22.3 Å². The minimum atomic E-state index is -0.445. The van der Waals surface area contributed by atoms with Gasteiger partial charge in [0, 0.05) is 36.6 Å². The lowest BCUT2D eigenvalue weighted by Crippen LogP contribution is -2.41. The monoisotopic (exact) mass is 397 g/mol. The molecular weight excluding hydrogens is 376 g/mol. The van der Waals surface area contributed by atoms with Gasteiger partial charge in [-0.25, -0.2) is 8.78 Å². The average Bonchev–Trinajstić information content (AvgIpc) is 3.29. The first-order valence-corrected chi connectivity index (χ1v) is 9.53. The number of aromatic nitrogens is 1. The molecule has 1 saturated heterocycles. The molecule has 2 heterocycles. The van der Waals surface area contributed by atoms with Crippen LogP contribution < -0.4 is 5.32 Å². The number of aromatic amines is 1. The number of benzene rings is 2. The quantitative estimate of drug-likeness (QED) is 0.693. The van der Waals surface area contributed by atoms with Crippen LogP contribution in [0.5, 0.6) is 0 Å². The molecule has 1 aliphatic rings. The number of rotatable bonds is 5. The van der Waals surface area contributed by atoms with Crippen molar-refractivity contribution >= 4 is 22.7 Å². The van der Waals surface area contributed by atoms with Gasteiger partial charge in [-0.05, 0) is 66.4 Å². The second-order valence-electron chi connectivity index (χ2n) is 7.28. The minimum absolute atomic E-state index is 0.137. The van der Waals surface area contributed by atoms with Crippen LogP contribution in [0, 0.1) is 11.6 Å². The summed E-state index contributed by atoms with van der Waals surface area (Å²) < 4.78 is 27.2. The van der Waals surface area contributed by atoms with Crippen molar-refractivity contribution in [2.24, 2.45) is 0 Å². The molecule has 1 atom stereocenters. The summed E-state index contributed by atoms with van der Waals surface area (Å²) in [5.74, 6) is -0.997. The summed E-state index contributed by atoms with van der Waals surface area (Å²) in [4.78, 5) is 29.3. The fourth-order valence-corrected chi connectivity index (χ4v) is 3.88. The van der Waals surface area contributed by atoms with E-state index in [0.29, 0.717) is 24.8 Å². The third kappa shape index (κ3) is 3.72. The Morgan fingerprint density at radius 2 is 1.86 bits per heavy atom. The van der Waals surface area contributed by atoms with Crippen LogP contribution in [0.2, 0.25) is 0 Å². The minimum Gasteiger partial charge on any atom is -0.354 e. The summed E-state index contributed by atoms with van der Waals surface area (Å²) in [6, 6.07) is 10.0. The number of nitrogens with one attached hydrogen (secondary N) is 2. The predicted octanol–water partition coefficient (Wildman–Crippen LogP) is 3.39. The largest absolute Gasteiger partial charge is 0.354 e. The molecule has 1 fully saturated rings. The highest BCUT2D eigenvalue weighted by Crippen LogP contribution is 2.32. The maximum absolute atomic E-state index is 13.9. The predicted molar refractivity (Wildman–Crippen MR) is 106 cm³/mol. The van der Waals surface area contributed by atoms with Crippen molar-refractivity contribution in [2.45, 2.75) is 25.3 Å². The first kappa shape index (κ1) is 19.1. The van der Waals surface area contributed by atoms with Gasteiger partial charge in [0.15, 0.2) is 0 Å². The lowest BCUT2D eigenvalue weighted by Gasteiger charge is -2.22. The Morgan fingerprint density at radius 1 is 1.14 bits per heavy atom. The molecule has 0 bridgehead atoms. The van der Waals surface area contributed by atoms with Gasteiger partial charge in [-0.3, -0.25) is 9.59 Å². The van der Waals surface area contributed by atoms with E-state index >= 15 is 0 Å². The molecule has 2 N–H and O–H groups in total. The van der Waals surface area contributed by atoms with Gasteiger partial charge in [-0.1, -0.05) is 0 Å². The van der Waals surface area contributed by atoms with Gasteiger partial charge in [0.25, 0.3) is 0 Å². The van der Waals surface area contributed by atoms with Crippen LogP contribution in [-0.4, -0.2) is 41.3 Å². The second-order valence-corrected chi connectivity index (χ2v) is 7.28. The summed E-state index contributed by atoms with van der Waals surface area (Å²) in [7, 11) is 1.63. The molecule has 3 aromatic rings. The Balaban J connectivity index is 1.64. The fourth-order valence-electron chi connectivity index (χ4n) is 3.88. The SMILES string of the molecule is CN(C(=O)CCc1c(-c2ccc(F)cc2)[nH]c2ccc(F)cc12)C1CCNC1=O. The van der Waals surface area contributed by atoms with Crippen LogP contribution >= 0.6 is 0 Å². The van der Waals surface area contributed by atoms with Crippen molar-refractivity contribution in [3.05, 3.63) is 59.7 Å². The number of hydrogen-bond donors (Lipinski definition) is 2. The Kier molecular flexibility index (Phi) is 5.05. The molecule has 1 aliphatic heterocycles. The van der Waals surface area contributed by atoms with E-state index in [1.165, 1.54) is 29.2 Å². The molecule has 5 nitrogen and oxygen atoms in total. The summed E-state index contributed by atoms with van der Waals surface area (Å²) in [6.45, 7) is 0.567. The van der Waals surface area contributed by atoms with Crippen LogP contribution in [-0.2, 0) is 16.0 Å². The number of likely N-dealkylation sites (N-methyl/N-ethyl adjacent to an activating group) is 1. The standard InChI is InChI=1S/C22H21F2N3O2/c1-27(19-10-11-25-22(19)29)20(28)9-7-16-17-12-15(24)6-8-18(17)26-21(16)13-2-4-14(23)5-3-13/h2-6,8,12,19,26H,7,9-11H2,1H3,(H,25,29). The zero-order chi connectivity index (χ0) is 20.5. The van der Waals surface area contributed by atoms with Crippen LogP contribution in [0.1, 0.15) is 18.4 Å². The van der Waals surface area contributed by atoms with Gasteiger partial charge in [-0.2, -0.15) is 0 Å². The summed E-state index contributed by atoms with van der Waals surface area (Å²) >= 11 is 0. The number of H-pyrrole nitrogens is 1. The maximum atomic E-state index is 13.9. The first-order valence-electron chi connectivity index (χ1n) is 9.53. The molecule has 150 valence electrons. The van der Waals surface area contributed by atoms with E-state index in [-0.39, 0.29) is 29.9 Å². The van der Waals surface area contributed by atoms with E-state index in [1.807, 2.05) is 0 Å². The number of fused-ring (bicyclic) bond motifs is 1. The van der Waals surface area contributed by atoms with Crippen molar-refractivity contribution in [1.82, 2.24) is 15.2 Å². The van der Waals surface area contributed by atoms with Crippen molar-refractivity contribution in [2.75, 3.05) is 13.6 Å². The number of carbonyl (C=O) groups excluding carboxylic acids is 2. The third-order valence-corrected chi connectivity index (χ3v) is 5.47. The molecule has 0 saturated carbocycles. The zero-order valence-corrected chi connectivity index (χ0v) is 16.0. The molecule has 0 aliphatic carbocycles. The lowest BCUT2D eigenvalue weighted by atomic mass is 10.0. The van der Waals surface area contributed by atoms with E-state index < -0.39 is 6.04 Å². The van der Waals surface area contributed by atoms with Crippen LogP contribution in [0.15, 0.2) is 42.5 Å². The van der Waals surface area contributed by atoms with Gasteiger partial charge < -0.3 is 15.2 Å². The highest BCUT2D eigenvalue weighted by Gasteiger charge is 2.30.